The molecular formula is C23H34N5P. The zero-order valence-corrected chi connectivity index (χ0v) is 19.3. The van der Waals surface area contributed by atoms with Crippen LogP contribution in [-0.4, -0.2) is 45.1 Å². The molecule has 6 heteroatoms. The van der Waals surface area contributed by atoms with Crippen molar-refractivity contribution in [1.82, 2.24) is 18.9 Å². The Labute approximate surface area is 175 Å². The van der Waals surface area contributed by atoms with Gasteiger partial charge in [-0.1, -0.05) is 58.0 Å². The Morgan fingerprint density at radius 2 is 1.34 bits per heavy atom. The summed E-state index contributed by atoms with van der Waals surface area (Å²) < 4.78 is 13.0. The van der Waals surface area contributed by atoms with Crippen molar-refractivity contribution < 1.29 is 0 Å². The average Bonchev–Trinajstić information content (AvgIpc) is 3.14. The first-order valence-electron chi connectivity index (χ1n) is 10.8. The highest BCUT2D eigenvalue weighted by Gasteiger charge is 2.38. The monoisotopic (exact) mass is 411 g/mol. The van der Waals surface area contributed by atoms with Gasteiger partial charge in [-0.2, -0.15) is 0 Å². The topological polar surface area (TPSA) is 36.7 Å². The minimum atomic E-state index is -2.27. The van der Waals surface area contributed by atoms with Crippen LogP contribution in [0.2, 0.25) is 0 Å². The highest BCUT2D eigenvalue weighted by Crippen LogP contribution is 2.57. The van der Waals surface area contributed by atoms with E-state index in [0.717, 1.165) is 49.5 Å². The maximum atomic E-state index is 5.53. The minimum absolute atomic E-state index is 0.879. The summed E-state index contributed by atoms with van der Waals surface area (Å²) in [5, 5.41) is 0. The highest BCUT2D eigenvalue weighted by atomic mass is 31.2. The van der Waals surface area contributed by atoms with Crippen molar-refractivity contribution in [3.05, 3.63) is 54.6 Å². The number of aryl methyl sites for hydroxylation is 1. The number of hydrogen-bond donors (Lipinski definition) is 0. The van der Waals surface area contributed by atoms with Gasteiger partial charge >= 0.3 is 0 Å². The van der Waals surface area contributed by atoms with E-state index in [2.05, 4.69) is 103 Å². The summed E-state index contributed by atoms with van der Waals surface area (Å²) in [6.07, 6.45) is 0. The summed E-state index contributed by atoms with van der Waals surface area (Å²) in [6.45, 7) is 15.8. The lowest BCUT2D eigenvalue weighted by atomic mass is 10.3. The van der Waals surface area contributed by atoms with Crippen LogP contribution >= 0.6 is 7.36 Å². The summed E-state index contributed by atoms with van der Waals surface area (Å²) in [7, 11) is -2.27. The van der Waals surface area contributed by atoms with Crippen LogP contribution in [0, 0.1) is 0 Å². The van der Waals surface area contributed by atoms with Crippen LogP contribution in [-0.2, 0) is 6.54 Å². The van der Waals surface area contributed by atoms with Gasteiger partial charge in [0, 0.05) is 32.7 Å². The van der Waals surface area contributed by atoms with E-state index >= 15 is 0 Å². The van der Waals surface area contributed by atoms with Gasteiger partial charge in [0.25, 0.3) is 0 Å². The summed E-state index contributed by atoms with van der Waals surface area (Å²) in [5.41, 5.74) is 4.38. The molecule has 0 N–H and O–H groups in total. The molecule has 3 rings (SSSR count). The second kappa shape index (κ2) is 9.71. The number of hydrogen-bond acceptors (Lipinski definition) is 2. The first-order valence-corrected chi connectivity index (χ1v) is 12.4. The van der Waals surface area contributed by atoms with Gasteiger partial charge < -0.3 is 4.57 Å². The standard InChI is InChI=1S/C23H34N5P/c1-6-26(7-2)29(27(8-3)9-4,25-20-16-12-11-13-17-20)23-24-21-18-14-15-19-22(21)28(23)10-5/h11-19H,6-10H2,1-5H3. The number of fused-ring (bicyclic) bond motifs is 1. The summed E-state index contributed by atoms with van der Waals surface area (Å²) in [6, 6.07) is 18.9. The van der Waals surface area contributed by atoms with E-state index in [0.29, 0.717) is 0 Å². The number of nitrogens with zero attached hydrogens (tertiary/aromatic N) is 5. The Bertz CT molecular complexity index is 955. The van der Waals surface area contributed by atoms with Gasteiger partial charge in [0.05, 0.1) is 16.7 Å². The molecule has 1 aromatic heterocycles. The molecule has 0 bridgehead atoms. The molecule has 0 amide bonds. The predicted molar refractivity (Wildman–Crippen MR) is 126 cm³/mol. The van der Waals surface area contributed by atoms with Crippen LogP contribution in [0.4, 0.5) is 5.69 Å². The Morgan fingerprint density at radius 3 is 1.90 bits per heavy atom. The van der Waals surface area contributed by atoms with E-state index in [1.54, 1.807) is 0 Å². The van der Waals surface area contributed by atoms with E-state index in [9.17, 15) is 0 Å². The molecule has 29 heavy (non-hydrogen) atoms. The third-order valence-corrected chi connectivity index (χ3v) is 9.58. The summed E-state index contributed by atoms with van der Waals surface area (Å²) in [4.78, 5) is 5.22. The van der Waals surface area contributed by atoms with Crippen LogP contribution in [0.15, 0.2) is 59.3 Å². The molecule has 0 aliphatic heterocycles. The van der Waals surface area contributed by atoms with Crippen LogP contribution in [0.1, 0.15) is 34.6 Å². The van der Waals surface area contributed by atoms with E-state index in [-0.39, 0.29) is 0 Å². The van der Waals surface area contributed by atoms with E-state index < -0.39 is 7.36 Å². The van der Waals surface area contributed by atoms with Crippen LogP contribution in [0.3, 0.4) is 0 Å². The number of rotatable bonds is 9. The van der Waals surface area contributed by atoms with E-state index in [4.69, 9.17) is 9.73 Å². The zero-order chi connectivity index (χ0) is 20.9. The lowest BCUT2D eigenvalue weighted by molar-refractivity contribution is 0.419. The first-order chi connectivity index (χ1) is 14.2. The van der Waals surface area contributed by atoms with Gasteiger partial charge in [-0.3, -0.25) is 9.34 Å². The maximum Gasteiger partial charge on any atom is 0.179 e. The molecular weight excluding hydrogens is 377 g/mol. The van der Waals surface area contributed by atoms with E-state index in [1.165, 1.54) is 5.52 Å². The van der Waals surface area contributed by atoms with Crippen molar-refractivity contribution in [2.45, 2.75) is 41.2 Å². The van der Waals surface area contributed by atoms with Crippen LogP contribution < -0.4 is 5.57 Å². The molecule has 0 saturated heterocycles. The predicted octanol–water partition coefficient (Wildman–Crippen LogP) is 5.73. The molecule has 0 radical (unpaired) electrons. The van der Waals surface area contributed by atoms with Crippen LogP contribution in [0.25, 0.3) is 11.0 Å². The lowest BCUT2D eigenvalue weighted by Crippen LogP contribution is -2.40. The van der Waals surface area contributed by atoms with Crippen molar-refractivity contribution in [3.63, 3.8) is 0 Å². The molecule has 0 unspecified atom stereocenters. The first kappa shape index (κ1) is 21.8. The fraction of sp³-hybridized carbons (Fsp3) is 0.435. The van der Waals surface area contributed by atoms with Gasteiger partial charge in [-0.25, -0.2) is 9.73 Å². The van der Waals surface area contributed by atoms with Crippen molar-refractivity contribution in [2.75, 3.05) is 26.2 Å². The van der Waals surface area contributed by atoms with Crippen molar-refractivity contribution in [3.8, 4) is 0 Å². The van der Waals surface area contributed by atoms with Crippen molar-refractivity contribution in [2.24, 2.45) is 4.74 Å². The molecule has 5 nitrogen and oxygen atoms in total. The Hall–Kier alpha value is -1.94. The fourth-order valence-electron chi connectivity index (χ4n) is 4.10. The molecule has 1 heterocycles. The summed E-state index contributed by atoms with van der Waals surface area (Å²) in [5.74, 6) is 0. The van der Waals surface area contributed by atoms with Crippen molar-refractivity contribution in [1.29, 1.82) is 0 Å². The minimum Gasteiger partial charge on any atom is -0.321 e. The molecule has 0 aliphatic rings. The largest absolute Gasteiger partial charge is 0.321 e. The zero-order valence-electron chi connectivity index (χ0n) is 18.4. The Morgan fingerprint density at radius 1 is 0.793 bits per heavy atom. The summed E-state index contributed by atoms with van der Waals surface area (Å²) >= 11 is 0. The van der Waals surface area contributed by atoms with Gasteiger partial charge in [-0.05, 0) is 31.2 Å². The lowest BCUT2D eigenvalue weighted by Gasteiger charge is -2.42. The number of imidazole rings is 1. The highest BCUT2D eigenvalue weighted by molar-refractivity contribution is 7.69. The fourth-order valence-corrected chi connectivity index (χ4v) is 8.15. The average molecular weight is 412 g/mol. The third-order valence-electron chi connectivity index (χ3n) is 5.48. The second-order valence-corrected chi connectivity index (χ2v) is 9.79. The third kappa shape index (κ3) is 3.92. The molecule has 0 fully saturated rings. The molecule has 0 aliphatic carbocycles. The van der Waals surface area contributed by atoms with Crippen LogP contribution in [0.5, 0.6) is 0 Å². The van der Waals surface area contributed by atoms with Gasteiger partial charge in [0.1, 0.15) is 0 Å². The number of aromatic nitrogens is 2. The normalized spacial score (nSPS) is 12.2. The quantitative estimate of drug-likeness (QED) is 0.422. The Balaban J connectivity index is 2.46. The molecule has 0 atom stereocenters. The SMILES string of the molecule is CCN(CC)P(=Nc1ccccc1)(c1nc2ccccc2n1CC)N(CC)CC. The number of para-hydroxylation sites is 2. The van der Waals surface area contributed by atoms with Gasteiger partial charge in [0.15, 0.2) is 12.9 Å². The van der Waals surface area contributed by atoms with Gasteiger partial charge in [0.2, 0.25) is 0 Å². The molecule has 156 valence electrons. The second-order valence-electron chi connectivity index (χ2n) is 6.93. The maximum absolute atomic E-state index is 5.53. The molecule has 2 aromatic carbocycles. The van der Waals surface area contributed by atoms with Gasteiger partial charge in [-0.15, -0.1) is 0 Å². The molecule has 3 aromatic rings. The molecule has 0 saturated carbocycles. The van der Waals surface area contributed by atoms with E-state index in [1.807, 2.05) is 0 Å². The van der Waals surface area contributed by atoms with Crippen molar-refractivity contribution >= 4 is 29.6 Å². The Kier molecular flexibility index (Phi) is 7.28. The smallest absolute Gasteiger partial charge is 0.179 e. The number of benzene rings is 2. The molecule has 0 spiro atoms.